The molecule has 1 heterocycles. The highest BCUT2D eigenvalue weighted by Gasteiger charge is 2.09. The lowest BCUT2D eigenvalue weighted by Crippen LogP contribution is -2.27. The first-order valence-corrected chi connectivity index (χ1v) is 6.44. The molecule has 0 aliphatic carbocycles. The van der Waals surface area contributed by atoms with Crippen LogP contribution in [-0.4, -0.2) is 28.8 Å². The molecular weight excluding hydrogens is 256 g/mol. The molecule has 0 aliphatic rings. The van der Waals surface area contributed by atoms with Crippen molar-refractivity contribution in [2.75, 3.05) is 17.6 Å². The van der Waals surface area contributed by atoms with E-state index in [0.717, 1.165) is 16.6 Å². The normalized spacial score (nSPS) is 12.1. The molecular formula is C14H18N4O2. The van der Waals surface area contributed by atoms with Gasteiger partial charge < -0.3 is 21.5 Å². The number of anilines is 2. The summed E-state index contributed by atoms with van der Waals surface area (Å²) in [5, 5.41) is 15.2. The number of benzene rings is 1. The van der Waals surface area contributed by atoms with Crippen LogP contribution in [0.4, 0.5) is 16.2 Å². The number of nitrogens with two attached hydrogens (primary N) is 1. The van der Waals surface area contributed by atoms with Crippen LogP contribution < -0.4 is 16.4 Å². The second-order valence-electron chi connectivity index (χ2n) is 4.67. The van der Waals surface area contributed by atoms with Crippen LogP contribution >= 0.6 is 0 Å². The number of hydrogen-bond acceptors (Lipinski definition) is 4. The lowest BCUT2D eigenvalue weighted by Gasteiger charge is -2.18. The van der Waals surface area contributed by atoms with Gasteiger partial charge in [-0.1, -0.05) is 18.2 Å². The molecule has 0 fully saturated rings. The Labute approximate surface area is 117 Å². The third-order valence-corrected chi connectivity index (χ3v) is 3.05. The summed E-state index contributed by atoms with van der Waals surface area (Å²) in [5.74, 6) is 0. The van der Waals surface area contributed by atoms with Gasteiger partial charge >= 0.3 is 6.09 Å². The Kier molecular flexibility index (Phi) is 4.24. The van der Waals surface area contributed by atoms with Crippen LogP contribution in [0.2, 0.25) is 0 Å². The van der Waals surface area contributed by atoms with Crippen LogP contribution in [0.15, 0.2) is 30.5 Å². The molecule has 0 saturated heterocycles. The van der Waals surface area contributed by atoms with Gasteiger partial charge in [-0.25, -0.2) is 4.79 Å². The number of para-hydroxylation sites is 1. The monoisotopic (exact) mass is 274 g/mol. The van der Waals surface area contributed by atoms with Gasteiger partial charge in [0.25, 0.3) is 0 Å². The van der Waals surface area contributed by atoms with Crippen molar-refractivity contribution in [3.8, 4) is 0 Å². The van der Waals surface area contributed by atoms with Crippen molar-refractivity contribution >= 4 is 28.4 Å². The average Bonchev–Trinajstić information content (AvgIpc) is 2.41. The largest absolute Gasteiger partial charge is 0.465 e. The van der Waals surface area contributed by atoms with E-state index in [-0.39, 0.29) is 6.04 Å². The molecule has 0 bridgehead atoms. The highest BCUT2D eigenvalue weighted by Crippen LogP contribution is 2.28. The molecule has 1 aromatic heterocycles. The third kappa shape index (κ3) is 3.28. The second-order valence-corrected chi connectivity index (χ2v) is 4.67. The molecule has 0 radical (unpaired) electrons. The summed E-state index contributed by atoms with van der Waals surface area (Å²) in [6.07, 6.45) is 1.29. The molecule has 5 N–H and O–H groups in total. The van der Waals surface area contributed by atoms with Crippen molar-refractivity contribution in [1.82, 2.24) is 10.3 Å². The van der Waals surface area contributed by atoms with Crippen molar-refractivity contribution < 1.29 is 9.90 Å². The van der Waals surface area contributed by atoms with Gasteiger partial charge in [-0.05, 0) is 19.4 Å². The number of aromatic nitrogens is 1. The van der Waals surface area contributed by atoms with Gasteiger partial charge in [0.15, 0.2) is 0 Å². The lowest BCUT2D eigenvalue weighted by atomic mass is 10.1. The summed E-state index contributed by atoms with van der Waals surface area (Å²) in [7, 11) is 0. The number of carbonyl (C=O) groups is 1. The van der Waals surface area contributed by atoms with Crippen molar-refractivity contribution in [2.24, 2.45) is 0 Å². The number of nitrogens with zero attached hydrogens (tertiary/aromatic N) is 1. The average molecular weight is 274 g/mol. The third-order valence-electron chi connectivity index (χ3n) is 3.05. The zero-order valence-corrected chi connectivity index (χ0v) is 11.3. The minimum Gasteiger partial charge on any atom is -0.465 e. The quantitative estimate of drug-likeness (QED) is 0.670. The van der Waals surface area contributed by atoms with Gasteiger partial charge in [-0.2, -0.15) is 0 Å². The van der Waals surface area contributed by atoms with E-state index in [1.54, 1.807) is 6.20 Å². The predicted molar refractivity (Wildman–Crippen MR) is 79.9 cm³/mol. The van der Waals surface area contributed by atoms with E-state index in [9.17, 15) is 4.79 Å². The van der Waals surface area contributed by atoms with Gasteiger partial charge in [0.05, 0.1) is 23.1 Å². The highest BCUT2D eigenvalue weighted by molar-refractivity contribution is 5.96. The molecule has 20 heavy (non-hydrogen) atoms. The van der Waals surface area contributed by atoms with Gasteiger partial charge in [0.2, 0.25) is 0 Å². The summed E-state index contributed by atoms with van der Waals surface area (Å²) < 4.78 is 0. The molecule has 2 rings (SSSR count). The Morgan fingerprint density at radius 1 is 1.45 bits per heavy atom. The van der Waals surface area contributed by atoms with E-state index in [4.69, 9.17) is 10.8 Å². The maximum Gasteiger partial charge on any atom is 0.404 e. The summed E-state index contributed by atoms with van der Waals surface area (Å²) in [6.45, 7) is 2.38. The summed E-state index contributed by atoms with van der Waals surface area (Å²) in [6, 6.07) is 7.84. The Hall–Kier alpha value is -2.50. The number of hydrogen-bond donors (Lipinski definition) is 4. The number of carboxylic acid groups (broad SMARTS) is 1. The zero-order valence-electron chi connectivity index (χ0n) is 11.3. The number of amides is 1. The Morgan fingerprint density at radius 2 is 2.20 bits per heavy atom. The van der Waals surface area contributed by atoms with Crippen LogP contribution in [0.3, 0.4) is 0 Å². The number of rotatable bonds is 5. The fraction of sp³-hybridized carbons (Fsp3) is 0.286. The van der Waals surface area contributed by atoms with Crippen LogP contribution in [0, 0.1) is 0 Å². The van der Waals surface area contributed by atoms with E-state index in [2.05, 4.69) is 15.6 Å². The fourth-order valence-electron chi connectivity index (χ4n) is 2.03. The molecule has 6 nitrogen and oxygen atoms in total. The topological polar surface area (TPSA) is 100 Å². The predicted octanol–water partition coefficient (Wildman–Crippen LogP) is 2.28. The fourth-order valence-corrected chi connectivity index (χ4v) is 2.03. The number of nitrogen functional groups attached to an aromatic ring is 1. The van der Waals surface area contributed by atoms with Crippen molar-refractivity contribution in [2.45, 2.75) is 19.4 Å². The van der Waals surface area contributed by atoms with Crippen LogP contribution in [0.5, 0.6) is 0 Å². The number of nitrogens with one attached hydrogen (secondary N) is 2. The molecule has 1 atom stereocenters. The first kappa shape index (κ1) is 13.9. The number of fused-ring (bicyclic) bond motifs is 1. The molecule has 1 amide bonds. The Morgan fingerprint density at radius 3 is 2.95 bits per heavy atom. The minimum atomic E-state index is -1.01. The van der Waals surface area contributed by atoms with Crippen molar-refractivity contribution in [3.05, 3.63) is 30.5 Å². The van der Waals surface area contributed by atoms with Crippen LogP contribution in [0.25, 0.3) is 10.9 Å². The molecule has 0 unspecified atom stereocenters. The Bertz CT molecular complexity index is 615. The second kappa shape index (κ2) is 6.10. The first-order chi connectivity index (χ1) is 9.58. The molecule has 0 spiro atoms. The zero-order chi connectivity index (χ0) is 14.5. The molecule has 6 heteroatoms. The summed E-state index contributed by atoms with van der Waals surface area (Å²) >= 11 is 0. The standard InChI is InChI=1S/C14H18N4O2/c1-9(6-7-16-14(19)20)18-13-10-4-2-3-5-12(10)17-8-11(13)15/h2-5,8-9,16H,6-7,15H2,1H3,(H,17,18)(H,19,20)/t9-/m1/s1. The SMILES string of the molecule is C[C@H](CCNC(=O)O)Nc1c(N)cnc2ccccc12. The first-order valence-electron chi connectivity index (χ1n) is 6.44. The van der Waals surface area contributed by atoms with Crippen LogP contribution in [-0.2, 0) is 0 Å². The van der Waals surface area contributed by atoms with E-state index in [1.807, 2.05) is 31.2 Å². The van der Waals surface area contributed by atoms with Gasteiger partial charge in [0.1, 0.15) is 0 Å². The summed E-state index contributed by atoms with van der Waals surface area (Å²) in [4.78, 5) is 14.7. The number of pyridine rings is 1. The smallest absolute Gasteiger partial charge is 0.404 e. The van der Waals surface area contributed by atoms with E-state index in [0.29, 0.717) is 18.7 Å². The Balaban J connectivity index is 2.12. The van der Waals surface area contributed by atoms with Crippen molar-refractivity contribution in [3.63, 3.8) is 0 Å². The van der Waals surface area contributed by atoms with Gasteiger partial charge in [0, 0.05) is 18.0 Å². The minimum absolute atomic E-state index is 0.0926. The molecule has 1 aromatic carbocycles. The van der Waals surface area contributed by atoms with E-state index < -0.39 is 6.09 Å². The van der Waals surface area contributed by atoms with Crippen LogP contribution in [0.1, 0.15) is 13.3 Å². The molecule has 0 saturated carbocycles. The highest BCUT2D eigenvalue weighted by atomic mass is 16.4. The molecule has 0 aliphatic heterocycles. The maximum absolute atomic E-state index is 10.4. The molecule has 106 valence electrons. The maximum atomic E-state index is 10.4. The lowest BCUT2D eigenvalue weighted by molar-refractivity contribution is 0.194. The van der Waals surface area contributed by atoms with E-state index >= 15 is 0 Å². The molecule has 2 aromatic rings. The van der Waals surface area contributed by atoms with Crippen molar-refractivity contribution in [1.29, 1.82) is 0 Å². The summed E-state index contributed by atoms with van der Waals surface area (Å²) in [5.41, 5.74) is 8.28. The van der Waals surface area contributed by atoms with Gasteiger partial charge in [-0.3, -0.25) is 4.98 Å². The van der Waals surface area contributed by atoms with E-state index in [1.165, 1.54) is 0 Å². The van der Waals surface area contributed by atoms with Gasteiger partial charge in [-0.15, -0.1) is 0 Å².